The molecule has 3 rings (SSSR count). The molecule has 1 heterocycles. The summed E-state index contributed by atoms with van der Waals surface area (Å²) in [6.45, 7) is 3.71. The monoisotopic (exact) mass is 399 g/mol. The van der Waals surface area contributed by atoms with E-state index >= 15 is 0 Å². The number of aromatic nitrogens is 2. The molecule has 146 valence electrons. The Kier molecular flexibility index (Phi) is 5.44. The molecule has 0 aliphatic carbocycles. The summed E-state index contributed by atoms with van der Waals surface area (Å²) in [6.07, 6.45) is 0. The lowest BCUT2D eigenvalue weighted by Crippen LogP contribution is -2.22. The van der Waals surface area contributed by atoms with Crippen molar-refractivity contribution in [2.45, 2.75) is 25.3 Å². The van der Waals surface area contributed by atoms with Crippen LogP contribution in [-0.4, -0.2) is 42.8 Å². The number of sulfonamides is 1. The molecule has 0 unspecified atom stereocenters. The van der Waals surface area contributed by atoms with Gasteiger partial charge in [0.15, 0.2) is 0 Å². The van der Waals surface area contributed by atoms with Gasteiger partial charge in [0.25, 0.3) is 0 Å². The zero-order chi connectivity index (χ0) is 20.5. The van der Waals surface area contributed by atoms with E-state index < -0.39 is 16.0 Å². The molecule has 0 spiro atoms. The van der Waals surface area contributed by atoms with Crippen molar-refractivity contribution in [3.05, 3.63) is 65.0 Å². The first-order valence-electron chi connectivity index (χ1n) is 8.62. The van der Waals surface area contributed by atoms with Gasteiger partial charge in [-0.1, -0.05) is 12.1 Å². The molecular formula is C20H21N3O4S. The second-order valence-electron chi connectivity index (χ2n) is 6.61. The van der Waals surface area contributed by atoms with Crippen molar-refractivity contribution >= 4 is 27.0 Å². The number of esters is 1. The quantitative estimate of drug-likeness (QED) is 0.613. The highest BCUT2D eigenvalue weighted by Crippen LogP contribution is 2.18. The maximum Gasteiger partial charge on any atom is 0.338 e. The Morgan fingerprint density at radius 1 is 1.00 bits per heavy atom. The van der Waals surface area contributed by atoms with Crippen molar-refractivity contribution in [3.8, 4) is 0 Å². The molecule has 0 bridgehead atoms. The van der Waals surface area contributed by atoms with Crippen LogP contribution in [0, 0.1) is 13.8 Å². The van der Waals surface area contributed by atoms with Gasteiger partial charge in [0.2, 0.25) is 10.0 Å². The lowest BCUT2D eigenvalue weighted by molar-refractivity contribution is 0.0472. The van der Waals surface area contributed by atoms with E-state index in [9.17, 15) is 13.2 Å². The maximum absolute atomic E-state index is 12.4. The molecule has 28 heavy (non-hydrogen) atoms. The van der Waals surface area contributed by atoms with E-state index in [1.165, 1.54) is 26.2 Å². The first-order chi connectivity index (χ1) is 13.2. The lowest BCUT2D eigenvalue weighted by atomic mass is 10.2. The molecule has 0 saturated heterocycles. The number of rotatable bonds is 5. The second-order valence-corrected chi connectivity index (χ2v) is 8.76. The summed E-state index contributed by atoms with van der Waals surface area (Å²) in [4.78, 5) is 21.4. The Morgan fingerprint density at radius 2 is 1.68 bits per heavy atom. The second kappa shape index (κ2) is 7.65. The predicted molar refractivity (Wildman–Crippen MR) is 105 cm³/mol. The van der Waals surface area contributed by atoms with E-state index in [1.54, 1.807) is 30.3 Å². The maximum atomic E-state index is 12.4. The number of nitrogens with zero attached hydrogens (tertiary/aromatic N) is 3. The van der Waals surface area contributed by atoms with Crippen molar-refractivity contribution in [2.75, 3.05) is 14.1 Å². The molecule has 0 fully saturated rings. The molecule has 0 saturated carbocycles. The molecule has 2 aromatic carbocycles. The Balaban J connectivity index is 1.77. The Morgan fingerprint density at radius 3 is 2.36 bits per heavy atom. The standard InChI is InChI=1S/C20H21N3O4S/c1-13-14(2)22-19-11-16(8-9-18(19)21-13)20(24)27-12-15-6-5-7-17(10-15)28(25,26)23(3)4/h5-11H,12H2,1-4H3. The van der Waals surface area contributed by atoms with Gasteiger partial charge in [-0.25, -0.2) is 27.5 Å². The van der Waals surface area contributed by atoms with Crippen molar-refractivity contribution in [1.82, 2.24) is 14.3 Å². The molecule has 0 N–H and O–H groups in total. The minimum Gasteiger partial charge on any atom is -0.457 e. The minimum atomic E-state index is -3.54. The minimum absolute atomic E-state index is 0.0355. The van der Waals surface area contributed by atoms with Crippen molar-refractivity contribution < 1.29 is 17.9 Å². The van der Waals surface area contributed by atoms with Crippen LogP contribution in [0.1, 0.15) is 27.3 Å². The fraction of sp³-hybridized carbons (Fsp3) is 0.250. The van der Waals surface area contributed by atoms with Gasteiger partial charge in [-0.05, 0) is 49.7 Å². The van der Waals surface area contributed by atoms with Gasteiger partial charge in [0, 0.05) is 14.1 Å². The first-order valence-corrected chi connectivity index (χ1v) is 10.1. The van der Waals surface area contributed by atoms with Crippen LogP contribution in [0.2, 0.25) is 0 Å². The van der Waals surface area contributed by atoms with Gasteiger partial charge in [-0.2, -0.15) is 0 Å². The van der Waals surface area contributed by atoms with Crippen LogP contribution in [0.5, 0.6) is 0 Å². The molecule has 0 aliphatic heterocycles. The summed E-state index contributed by atoms with van der Waals surface area (Å²) in [5, 5.41) is 0. The number of carbonyl (C=O) groups excluding carboxylic acids is 1. The number of aryl methyl sites for hydroxylation is 2. The molecule has 8 heteroatoms. The largest absolute Gasteiger partial charge is 0.457 e. The molecular weight excluding hydrogens is 378 g/mol. The van der Waals surface area contributed by atoms with E-state index in [4.69, 9.17) is 4.74 Å². The van der Waals surface area contributed by atoms with Crippen LogP contribution in [0.4, 0.5) is 0 Å². The van der Waals surface area contributed by atoms with Gasteiger partial charge in [0.05, 0.1) is 32.9 Å². The summed E-state index contributed by atoms with van der Waals surface area (Å²) in [6, 6.07) is 11.4. The number of benzene rings is 2. The van der Waals surface area contributed by atoms with Crippen LogP contribution in [0.25, 0.3) is 11.0 Å². The first kappa shape index (κ1) is 19.9. The van der Waals surface area contributed by atoms with E-state index in [0.717, 1.165) is 15.7 Å². The third-order valence-corrected chi connectivity index (χ3v) is 6.17. The fourth-order valence-corrected chi connectivity index (χ4v) is 3.57. The van der Waals surface area contributed by atoms with Crippen LogP contribution < -0.4 is 0 Å². The fourth-order valence-electron chi connectivity index (χ4n) is 2.60. The highest BCUT2D eigenvalue weighted by Gasteiger charge is 2.17. The normalized spacial score (nSPS) is 11.8. The van der Waals surface area contributed by atoms with E-state index in [-0.39, 0.29) is 11.5 Å². The number of hydrogen-bond donors (Lipinski definition) is 0. The van der Waals surface area contributed by atoms with Crippen LogP contribution in [0.3, 0.4) is 0 Å². The zero-order valence-electron chi connectivity index (χ0n) is 16.1. The van der Waals surface area contributed by atoms with Gasteiger partial charge in [-0.3, -0.25) is 0 Å². The van der Waals surface area contributed by atoms with Gasteiger partial charge >= 0.3 is 5.97 Å². The average molecular weight is 399 g/mol. The van der Waals surface area contributed by atoms with E-state index in [2.05, 4.69) is 9.97 Å². The number of hydrogen-bond acceptors (Lipinski definition) is 6. The highest BCUT2D eigenvalue weighted by atomic mass is 32.2. The Hall–Kier alpha value is -2.84. The number of fused-ring (bicyclic) bond motifs is 1. The predicted octanol–water partition coefficient (Wildman–Crippen LogP) is 2.85. The number of carbonyl (C=O) groups is 1. The zero-order valence-corrected chi connectivity index (χ0v) is 16.9. The van der Waals surface area contributed by atoms with E-state index in [1.807, 2.05) is 13.8 Å². The molecule has 0 amide bonds. The molecule has 0 radical (unpaired) electrons. The van der Waals surface area contributed by atoms with Gasteiger partial charge in [0.1, 0.15) is 6.61 Å². The molecule has 0 atom stereocenters. The Bertz CT molecular complexity index is 1160. The molecule has 1 aromatic heterocycles. The molecule has 7 nitrogen and oxygen atoms in total. The third-order valence-electron chi connectivity index (χ3n) is 4.36. The summed E-state index contributed by atoms with van der Waals surface area (Å²) in [7, 11) is -0.612. The topological polar surface area (TPSA) is 89.5 Å². The Labute approximate surface area is 164 Å². The number of ether oxygens (including phenoxy) is 1. The van der Waals surface area contributed by atoms with Crippen LogP contribution in [-0.2, 0) is 21.4 Å². The lowest BCUT2D eigenvalue weighted by Gasteiger charge is -2.12. The SMILES string of the molecule is Cc1nc2ccc(C(=O)OCc3cccc(S(=O)(=O)N(C)C)c3)cc2nc1C. The summed E-state index contributed by atoms with van der Waals surface area (Å²) < 4.78 is 30.9. The summed E-state index contributed by atoms with van der Waals surface area (Å²) in [5.74, 6) is -0.511. The summed E-state index contributed by atoms with van der Waals surface area (Å²) >= 11 is 0. The summed E-state index contributed by atoms with van der Waals surface area (Å²) in [5.41, 5.74) is 3.93. The van der Waals surface area contributed by atoms with Crippen molar-refractivity contribution in [2.24, 2.45) is 0 Å². The smallest absolute Gasteiger partial charge is 0.338 e. The van der Waals surface area contributed by atoms with Gasteiger partial charge < -0.3 is 4.74 Å². The van der Waals surface area contributed by atoms with Crippen LogP contribution in [0.15, 0.2) is 47.4 Å². The van der Waals surface area contributed by atoms with Gasteiger partial charge in [-0.15, -0.1) is 0 Å². The molecule has 3 aromatic rings. The molecule has 0 aliphatic rings. The van der Waals surface area contributed by atoms with Crippen molar-refractivity contribution in [3.63, 3.8) is 0 Å². The van der Waals surface area contributed by atoms with Crippen LogP contribution >= 0.6 is 0 Å². The van der Waals surface area contributed by atoms with E-state index in [0.29, 0.717) is 22.2 Å². The van der Waals surface area contributed by atoms with Crippen molar-refractivity contribution in [1.29, 1.82) is 0 Å². The highest BCUT2D eigenvalue weighted by molar-refractivity contribution is 7.89. The average Bonchev–Trinajstić information content (AvgIpc) is 2.66. The third kappa shape index (κ3) is 4.02.